The van der Waals surface area contributed by atoms with E-state index in [-0.39, 0.29) is 11.5 Å². The number of benzene rings is 1. The summed E-state index contributed by atoms with van der Waals surface area (Å²) >= 11 is 7.36. The molecule has 1 aliphatic rings. The van der Waals surface area contributed by atoms with Gasteiger partial charge in [0.05, 0.1) is 6.42 Å². The van der Waals surface area contributed by atoms with Gasteiger partial charge < -0.3 is 9.80 Å². The van der Waals surface area contributed by atoms with Crippen LogP contribution in [0.5, 0.6) is 0 Å². The van der Waals surface area contributed by atoms with Crippen molar-refractivity contribution in [2.75, 3.05) is 31.1 Å². The second-order valence-electron chi connectivity index (χ2n) is 6.04. The minimum absolute atomic E-state index is 0.0918. The standard InChI is InChI=1S/C17H16ClN5O2S/c18-13-3-1-2-12(10-13)11-15(25)21-6-8-22(9-7-21)17-20-23-14(24)4-5-19-16(23)26-17/h1-5,10H,6-9,11H2. The molecule has 1 saturated heterocycles. The highest BCUT2D eigenvalue weighted by molar-refractivity contribution is 7.20. The van der Waals surface area contributed by atoms with E-state index in [1.54, 1.807) is 6.07 Å². The molecule has 0 atom stereocenters. The molecule has 0 unspecified atom stereocenters. The molecule has 0 saturated carbocycles. The first kappa shape index (κ1) is 17.0. The van der Waals surface area contributed by atoms with E-state index in [1.165, 1.54) is 28.1 Å². The first-order valence-corrected chi connectivity index (χ1v) is 9.42. The van der Waals surface area contributed by atoms with Crippen molar-refractivity contribution in [2.45, 2.75) is 6.42 Å². The molecule has 2 aromatic heterocycles. The van der Waals surface area contributed by atoms with Crippen LogP contribution in [0.2, 0.25) is 5.02 Å². The monoisotopic (exact) mass is 389 g/mol. The quantitative estimate of drug-likeness (QED) is 0.681. The van der Waals surface area contributed by atoms with E-state index in [0.717, 1.165) is 10.7 Å². The molecule has 0 bridgehead atoms. The number of nitrogens with zero attached hydrogens (tertiary/aromatic N) is 5. The van der Waals surface area contributed by atoms with E-state index >= 15 is 0 Å². The Labute approximate surface area is 158 Å². The van der Waals surface area contributed by atoms with Crippen LogP contribution in [-0.2, 0) is 11.2 Å². The highest BCUT2D eigenvalue weighted by Gasteiger charge is 2.23. The van der Waals surface area contributed by atoms with Gasteiger partial charge in [0.2, 0.25) is 16.0 Å². The zero-order valence-corrected chi connectivity index (χ0v) is 15.4. The lowest BCUT2D eigenvalue weighted by molar-refractivity contribution is -0.130. The lowest BCUT2D eigenvalue weighted by atomic mass is 10.1. The third kappa shape index (κ3) is 3.42. The van der Waals surface area contributed by atoms with Crippen LogP contribution >= 0.6 is 22.9 Å². The van der Waals surface area contributed by atoms with Crippen molar-refractivity contribution in [1.82, 2.24) is 19.5 Å². The van der Waals surface area contributed by atoms with Gasteiger partial charge in [0.1, 0.15) is 0 Å². The second kappa shape index (κ2) is 7.05. The maximum absolute atomic E-state index is 12.5. The third-order valence-electron chi connectivity index (χ3n) is 4.31. The number of carbonyl (C=O) groups is 1. The van der Waals surface area contributed by atoms with Crippen LogP contribution in [0.1, 0.15) is 5.56 Å². The molecule has 0 aliphatic carbocycles. The van der Waals surface area contributed by atoms with E-state index in [1.807, 2.05) is 23.1 Å². The maximum atomic E-state index is 12.5. The Hall–Kier alpha value is -2.45. The SMILES string of the molecule is O=C(Cc1cccc(Cl)c1)N1CCN(c2nn3c(=O)ccnc3s2)CC1. The molecule has 9 heteroatoms. The van der Waals surface area contributed by atoms with Crippen LogP contribution in [0.3, 0.4) is 0 Å². The van der Waals surface area contributed by atoms with Crippen molar-refractivity contribution >= 4 is 38.9 Å². The van der Waals surface area contributed by atoms with Crippen LogP contribution in [0, 0.1) is 0 Å². The number of aromatic nitrogens is 3. The molecule has 0 spiro atoms. The van der Waals surface area contributed by atoms with Gasteiger partial charge in [-0.1, -0.05) is 35.1 Å². The number of piperazine rings is 1. The molecule has 4 rings (SSSR count). The van der Waals surface area contributed by atoms with Gasteiger partial charge in [-0.25, -0.2) is 4.98 Å². The van der Waals surface area contributed by atoms with E-state index in [2.05, 4.69) is 15.0 Å². The number of carbonyl (C=O) groups excluding carboxylic acids is 1. The van der Waals surface area contributed by atoms with Crippen molar-refractivity contribution in [3.63, 3.8) is 0 Å². The van der Waals surface area contributed by atoms with Gasteiger partial charge >= 0.3 is 0 Å². The highest BCUT2D eigenvalue weighted by Crippen LogP contribution is 2.22. The number of halogens is 1. The summed E-state index contributed by atoms with van der Waals surface area (Å²) in [6.45, 7) is 2.60. The maximum Gasteiger partial charge on any atom is 0.275 e. The summed E-state index contributed by atoms with van der Waals surface area (Å²) < 4.78 is 1.32. The van der Waals surface area contributed by atoms with E-state index < -0.39 is 0 Å². The average Bonchev–Trinajstić information content (AvgIpc) is 3.08. The minimum Gasteiger partial charge on any atom is -0.343 e. The molecule has 1 amide bonds. The Balaban J connectivity index is 1.41. The lowest BCUT2D eigenvalue weighted by Crippen LogP contribution is -2.49. The molecular formula is C17H16ClN5O2S. The number of anilines is 1. The number of amides is 1. The molecule has 3 heterocycles. The van der Waals surface area contributed by atoms with Crippen LogP contribution in [0.15, 0.2) is 41.3 Å². The summed E-state index contributed by atoms with van der Waals surface area (Å²) in [6.07, 6.45) is 1.84. The Bertz CT molecular complexity index is 1010. The fourth-order valence-corrected chi connectivity index (χ4v) is 4.08. The van der Waals surface area contributed by atoms with Crippen molar-refractivity contribution in [3.8, 4) is 0 Å². The second-order valence-corrected chi connectivity index (χ2v) is 7.41. The molecule has 134 valence electrons. The van der Waals surface area contributed by atoms with Gasteiger partial charge in [0.15, 0.2) is 0 Å². The molecule has 3 aromatic rings. The number of hydrogen-bond donors (Lipinski definition) is 0. The summed E-state index contributed by atoms with van der Waals surface area (Å²) in [5.41, 5.74) is 0.731. The van der Waals surface area contributed by atoms with E-state index in [0.29, 0.717) is 42.6 Å². The van der Waals surface area contributed by atoms with Crippen molar-refractivity contribution in [1.29, 1.82) is 0 Å². The summed E-state index contributed by atoms with van der Waals surface area (Å²) in [6, 6.07) is 8.77. The molecule has 1 aliphatic heterocycles. The molecule has 26 heavy (non-hydrogen) atoms. The molecule has 1 fully saturated rings. The van der Waals surface area contributed by atoms with Gasteiger partial charge in [-0.15, -0.1) is 5.10 Å². The fourth-order valence-electron chi connectivity index (χ4n) is 2.94. The van der Waals surface area contributed by atoms with Crippen LogP contribution in [0.4, 0.5) is 5.13 Å². The third-order valence-corrected chi connectivity index (χ3v) is 5.53. The van der Waals surface area contributed by atoms with Crippen LogP contribution in [-0.4, -0.2) is 51.6 Å². The first-order valence-electron chi connectivity index (χ1n) is 8.22. The molecular weight excluding hydrogens is 374 g/mol. The van der Waals surface area contributed by atoms with Crippen molar-refractivity contribution in [2.24, 2.45) is 0 Å². The summed E-state index contributed by atoms with van der Waals surface area (Å²) in [4.78, 5) is 33.0. The van der Waals surface area contributed by atoms with Gasteiger partial charge in [0, 0.05) is 43.5 Å². The summed E-state index contributed by atoms with van der Waals surface area (Å²) in [7, 11) is 0. The Morgan fingerprint density at radius 2 is 2.00 bits per heavy atom. The van der Waals surface area contributed by atoms with E-state index in [9.17, 15) is 9.59 Å². The molecule has 7 nitrogen and oxygen atoms in total. The minimum atomic E-state index is -0.187. The summed E-state index contributed by atoms with van der Waals surface area (Å²) in [5, 5.41) is 5.74. The van der Waals surface area contributed by atoms with Crippen LogP contribution < -0.4 is 10.5 Å². The summed E-state index contributed by atoms with van der Waals surface area (Å²) in [5.74, 6) is 0.0918. The number of fused-ring (bicyclic) bond motifs is 1. The average molecular weight is 390 g/mol. The molecule has 1 aromatic carbocycles. The number of rotatable bonds is 3. The van der Waals surface area contributed by atoms with Gasteiger partial charge in [-0.3, -0.25) is 9.59 Å². The van der Waals surface area contributed by atoms with Gasteiger partial charge in [0.25, 0.3) is 5.56 Å². The number of hydrogen-bond acceptors (Lipinski definition) is 6. The van der Waals surface area contributed by atoms with Crippen LogP contribution in [0.25, 0.3) is 4.96 Å². The fraction of sp³-hybridized carbons (Fsp3) is 0.294. The van der Waals surface area contributed by atoms with E-state index in [4.69, 9.17) is 11.6 Å². The topological polar surface area (TPSA) is 70.8 Å². The first-order chi connectivity index (χ1) is 12.6. The zero-order valence-electron chi connectivity index (χ0n) is 13.8. The molecule has 0 radical (unpaired) electrons. The lowest BCUT2D eigenvalue weighted by Gasteiger charge is -2.34. The van der Waals surface area contributed by atoms with Gasteiger partial charge in [-0.05, 0) is 17.7 Å². The predicted molar refractivity (Wildman–Crippen MR) is 101 cm³/mol. The Kier molecular flexibility index (Phi) is 4.60. The zero-order chi connectivity index (χ0) is 18.1. The predicted octanol–water partition coefficient (Wildman–Crippen LogP) is 1.70. The Morgan fingerprint density at radius 3 is 2.73 bits per heavy atom. The normalized spacial score (nSPS) is 14.8. The molecule has 0 N–H and O–H groups in total. The van der Waals surface area contributed by atoms with Crippen molar-refractivity contribution < 1.29 is 4.79 Å². The Morgan fingerprint density at radius 1 is 1.19 bits per heavy atom. The van der Waals surface area contributed by atoms with Crippen molar-refractivity contribution in [3.05, 3.63) is 57.5 Å². The smallest absolute Gasteiger partial charge is 0.275 e. The van der Waals surface area contributed by atoms with Gasteiger partial charge in [-0.2, -0.15) is 4.52 Å². The highest BCUT2D eigenvalue weighted by atomic mass is 35.5. The largest absolute Gasteiger partial charge is 0.343 e.